The van der Waals surface area contributed by atoms with Crippen molar-refractivity contribution >= 4 is 23.1 Å². The molecule has 0 spiro atoms. The van der Waals surface area contributed by atoms with Crippen LogP contribution in [0.4, 0.5) is 0 Å². The topological polar surface area (TPSA) is 66.6 Å². The van der Waals surface area contributed by atoms with Crippen molar-refractivity contribution < 1.29 is 9.90 Å². The first-order valence-electron chi connectivity index (χ1n) is 7.80. The van der Waals surface area contributed by atoms with Crippen molar-refractivity contribution in [3.8, 4) is 0 Å². The first-order chi connectivity index (χ1) is 9.60. The van der Waals surface area contributed by atoms with E-state index in [0.29, 0.717) is 11.5 Å². The first kappa shape index (κ1) is 15.7. The lowest BCUT2D eigenvalue weighted by atomic mass is 9.78. The largest absolute Gasteiger partial charge is 0.396 e. The summed E-state index contributed by atoms with van der Waals surface area (Å²) in [4.78, 5) is 15.3. The van der Waals surface area contributed by atoms with Crippen LogP contribution in [0.15, 0.2) is 0 Å². The van der Waals surface area contributed by atoms with Crippen LogP contribution in [0.25, 0.3) is 0 Å². The van der Waals surface area contributed by atoms with Gasteiger partial charge in [0.25, 0.3) is 0 Å². The van der Waals surface area contributed by atoms with Crippen LogP contribution >= 0.6 is 12.2 Å². The first-order valence-corrected chi connectivity index (χ1v) is 8.21. The van der Waals surface area contributed by atoms with E-state index in [1.807, 2.05) is 4.90 Å². The molecule has 2 rings (SSSR count). The molecule has 3 N–H and O–H groups in total. The van der Waals surface area contributed by atoms with Gasteiger partial charge in [-0.15, -0.1) is 0 Å². The summed E-state index contributed by atoms with van der Waals surface area (Å²) < 4.78 is 0. The Morgan fingerprint density at radius 1 is 1.25 bits per heavy atom. The van der Waals surface area contributed by atoms with Gasteiger partial charge in [0.2, 0.25) is 5.91 Å². The second-order valence-electron chi connectivity index (χ2n) is 6.30. The Kier molecular flexibility index (Phi) is 5.38. The van der Waals surface area contributed by atoms with Crippen LogP contribution in [0.2, 0.25) is 0 Å². The molecule has 2 fully saturated rings. The fourth-order valence-electron chi connectivity index (χ4n) is 3.60. The molecular weight excluding hydrogens is 272 g/mol. The number of likely N-dealkylation sites (tertiary alicyclic amines) is 1. The van der Waals surface area contributed by atoms with Gasteiger partial charge in [-0.3, -0.25) is 4.79 Å². The molecule has 1 aliphatic heterocycles. The molecule has 4 nitrogen and oxygen atoms in total. The van der Waals surface area contributed by atoms with Gasteiger partial charge in [0.15, 0.2) is 0 Å². The lowest BCUT2D eigenvalue weighted by Crippen LogP contribution is -2.53. The molecule has 1 saturated carbocycles. The molecule has 0 aromatic rings. The van der Waals surface area contributed by atoms with Gasteiger partial charge in [0.1, 0.15) is 0 Å². The Labute approximate surface area is 126 Å². The van der Waals surface area contributed by atoms with E-state index in [1.54, 1.807) is 0 Å². The number of piperidine rings is 1. The fourth-order valence-corrected chi connectivity index (χ4v) is 3.89. The molecule has 5 heteroatoms. The van der Waals surface area contributed by atoms with Gasteiger partial charge in [-0.05, 0) is 31.6 Å². The molecule has 0 aromatic carbocycles. The quantitative estimate of drug-likeness (QED) is 0.616. The number of hydrogen-bond acceptors (Lipinski definition) is 3. The average Bonchev–Trinajstić information content (AvgIpc) is 2.73. The summed E-state index contributed by atoms with van der Waals surface area (Å²) in [6.45, 7) is 1.59. The van der Waals surface area contributed by atoms with Crippen LogP contribution in [0.1, 0.15) is 51.4 Å². The number of nitrogens with zero attached hydrogens (tertiary/aromatic N) is 1. The molecular formula is C15H26N2O2S. The molecule has 2 aliphatic rings. The van der Waals surface area contributed by atoms with E-state index in [9.17, 15) is 9.90 Å². The summed E-state index contributed by atoms with van der Waals surface area (Å²) >= 11 is 5.27. The van der Waals surface area contributed by atoms with Gasteiger partial charge in [-0.1, -0.05) is 37.9 Å². The molecule has 114 valence electrons. The molecule has 0 aromatic heterocycles. The second-order valence-corrected chi connectivity index (χ2v) is 6.74. The standard InChI is InChI=1S/C15H26N2O2S/c16-13(20)15(7-3-1-2-4-8-15)14(19)17-9-5-6-12(10-17)11-18/h12,18H,1-11H2,(H2,16,20). The zero-order valence-corrected chi connectivity index (χ0v) is 13.0. The Balaban J connectivity index is 2.15. The third-order valence-electron chi connectivity index (χ3n) is 4.90. The Morgan fingerprint density at radius 2 is 1.90 bits per heavy atom. The van der Waals surface area contributed by atoms with Gasteiger partial charge in [0, 0.05) is 19.7 Å². The molecule has 1 saturated heterocycles. The number of amides is 1. The predicted octanol–water partition coefficient (Wildman–Crippen LogP) is 1.84. The van der Waals surface area contributed by atoms with Crippen molar-refractivity contribution in [3.63, 3.8) is 0 Å². The molecule has 1 atom stereocenters. The Hall–Kier alpha value is -0.680. The van der Waals surface area contributed by atoms with Crippen molar-refractivity contribution in [1.29, 1.82) is 0 Å². The lowest BCUT2D eigenvalue weighted by molar-refractivity contribution is -0.141. The van der Waals surface area contributed by atoms with Crippen LogP contribution in [0, 0.1) is 11.3 Å². The van der Waals surface area contributed by atoms with E-state index in [1.165, 1.54) is 0 Å². The summed E-state index contributed by atoms with van der Waals surface area (Å²) in [7, 11) is 0. The van der Waals surface area contributed by atoms with E-state index in [2.05, 4.69) is 0 Å². The van der Waals surface area contributed by atoms with Crippen LogP contribution < -0.4 is 5.73 Å². The summed E-state index contributed by atoms with van der Waals surface area (Å²) in [6.07, 6.45) is 7.93. The number of aliphatic hydroxyl groups excluding tert-OH is 1. The number of nitrogens with two attached hydrogens (primary N) is 1. The molecule has 20 heavy (non-hydrogen) atoms. The van der Waals surface area contributed by atoms with Gasteiger partial charge in [0.05, 0.1) is 10.4 Å². The van der Waals surface area contributed by atoms with Gasteiger partial charge < -0.3 is 15.7 Å². The SMILES string of the molecule is NC(=S)C1(C(=O)N2CCCC(CO)C2)CCCCCC1. The second kappa shape index (κ2) is 6.85. The van der Waals surface area contributed by atoms with Crippen molar-refractivity contribution in [1.82, 2.24) is 4.90 Å². The summed E-state index contributed by atoms with van der Waals surface area (Å²) in [6, 6.07) is 0. The molecule has 0 bridgehead atoms. The highest BCUT2D eigenvalue weighted by atomic mass is 32.1. The molecule has 1 aliphatic carbocycles. The van der Waals surface area contributed by atoms with Crippen LogP contribution in [0.5, 0.6) is 0 Å². The predicted molar refractivity (Wildman–Crippen MR) is 83.3 cm³/mol. The minimum Gasteiger partial charge on any atom is -0.396 e. The molecule has 1 heterocycles. The van der Waals surface area contributed by atoms with Gasteiger partial charge >= 0.3 is 0 Å². The zero-order chi connectivity index (χ0) is 14.6. The highest BCUT2D eigenvalue weighted by Crippen LogP contribution is 2.38. The number of rotatable bonds is 3. The minimum absolute atomic E-state index is 0.116. The highest BCUT2D eigenvalue weighted by molar-refractivity contribution is 7.80. The van der Waals surface area contributed by atoms with Crippen molar-refractivity contribution in [3.05, 3.63) is 0 Å². The number of thiocarbonyl (C=S) groups is 1. The number of hydrogen-bond donors (Lipinski definition) is 2. The lowest BCUT2D eigenvalue weighted by Gasteiger charge is -2.39. The zero-order valence-electron chi connectivity index (χ0n) is 12.1. The van der Waals surface area contributed by atoms with E-state index in [4.69, 9.17) is 18.0 Å². The van der Waals surface area contributed by atoms with Gasteiger partial charge in [-0.25, -0.2) is 0 Å². The number of aliphatic hydroxyl groups is 1. The third kappa shape index (κ3) is 3.14. The van der Waals surface area contributed by atoms with E-state index in [0.717, 1.165) is 57.9 Å². The van der Waals surface area contributed by atoms with E-state index in [-0.39, 0.29) is 18.4 Å². The Morgan fingerprint density at radius 3 is 2.45 bits per heavy atom. The van der Waals surface area contributed by atoms with Crippen LogP contribution in [0.3, 0.4) is 0 Å². The maximum atomic E-state index is 13.0. The van der Waals surface area contributed by atoms with Crippen molar-refractivity contribution in [2.75, 3.05) is 19.7 Å². The Bertz CT molecular complexity index is 365. The van der Waals surface area contributed by atoms with E-state index < -0.39 is 5.41 Å². The number of carbonyl (C=O) groups excluding carboxylic acids is 1. The fraction of sp³-hybridized carbons (Fsp3) is 0.867. The molecule has 0 radical (unpaired) electrons. The molecule has 1 amide bonds. The number of carbonyl (C=O) groups is 1. The van der Waals surface area contributed by atoms with Gasteiger partial charge in [-0.2, -0.15) is 0 Å². The average molecular weight is 298 g/mol. The molecule has 1 unspecified atom stereocenters. The maximum absolute atomic E-state index is 13.0. The minimum atomic E-state index is -0.622. The van der Waals surface area contributed by atoms with Crippen molar-refractivity contribution in [2.24, 2.45) is 17.1 Å². The monoisotopic (exact) mass is 298 g/mol. The summed E-state index contributed by atoms with van der Waals surface area (Å²) in [5.74, 6) is 0.326. The summed E-state index contributed by atoms with van der Waals surface area (Å²) in [5.41, 5.74) is 5.36. The van der Waals surface area contributed by atoms with Crippen LogP contribution in [-0.2, 0) is 4.79 Å². The third-order valence-corrected chi connectivity index (χ3v) is 5.29. The normalized spacial score (nSPS) is 26.9. The highest BCUT2D eigenvalue weighted by Gasteiger charge is 2.44. The van der Waals surface area contributed by atoms with Crippen LogP contribution in [-0.4, -0.2) is 40.6 Å². The summed E-state index contributed by atoms with van der Waals surface area (Å²) in [5, 5.41) is 9.33. The van der Waals surface area contributed by atoms with Crippen molar-refractivity contribution in [2.45, 2.75) is 51.4 Å². The smallest absolute Gasteiger partial charge is 0.235 e. The van der Waals surface area contributed by atoms with E-state index >= 15 is 0 Å². The maximum Gasteiger partial charge on any atom is 0.235 e.